The Morgan fingerprint density at radius 3 is 2.67 bits per heavy atom. The number of likely N-dealkylation sites (N-methyl/N-ethyl adjacent to an activating group) is 1. The number of quaternary nitrogens is 1. The van der Waals surface area contributed by atoms with Crippen LogP contribution in [-0.2, 0) is 16.1 Å². The van der Waals surface area contributed by atoms with Crippen molar-refractivity contribution in [2.24, 2.45) is 0 Å². The Balaban J connectivity index is 2.29. The van der Waals surface area contributed by atoms with E-state index in [1.54, 1.807) is 6.07 Å². The van der Waals surface area contributed by atoms with Crippen LogP contribution in [0.5, 0.6) is 0 Å². The SMILES string of the molecule is CCCNC(=O)CNC(=O)C[NH+](C)Cc1cccc(F)c1. The van der Waals surface area contributed by atoms with E-state index in [0.29, 0.717) is 13.1 Å². The summed E-state index contributed by atoms with van der Waals surface area (Å²) in [5.74, 6) is -0.666. The van der Waals surface area contributed by atoms with Crippen LogP contribution in [0.2, 0.25) is 0 Å². The van der Waals surface area contributed by atoms with Crippen molar-refractivity contribution >= 4 is 11.8 Å². The van der Waals surface area contributed by atoms with Gasteiger partial charge in [-0.15, -0.1) is 0 Å². The third-order valence-corrected chi connectivity index (χ3v) is 2.88. The first kappa shape index (κ1) is 17.1. The molecule has 1 rings (SSSR count). The van der Waals surface area contributed by atoms with Gasteiger partial charge in [0.25, 0.3) is 5.91 Å². The molecule has 5 nitrogen and oxygen atoms in total. The third kappa shape index (κ3) is 7.41. The van der Waals surface area contributed by atoms with Gasteiger partial charge in [-0.3, -0.25) is 9.59 Å². The van der Waals surface area contributed by atoms with Crippen molar-refractivity contribution in [2.75, 3.05) is 26.7 Å². The molecule has 2 amide bonds. The second-order valence-corrected chi connectivity index (χ2v) is 5.07. The summed E-state index contributed by atoms with van der Waals surface area (Å²) < 4.78 is 13.1. The highest BCUT2D eigenvalue weighted by atomic mass is 19.1. The Kier molecular flexibility index (Phi) is 7.39. The molecule has 0 heterocycles. The Morgan fingerprint density at radius 2 is 2.00 bits per heavy atom. The van der Waals surface area contributed by atoms with Crippen molar-refractivity contribution in [2.45, 2.75) is 19.9 Å². The van der Waals surface area contributed by atoms with Crippen LogP contribution in [0.4, 0.5) is 4.39 Å². The van der Waals surface area contributed by atoms with Gasteiger partial charge in [0.2, 0.25) is 5.91 Å². The minimum atomic E-state index is -0.280. The first-order valence-corrected chi connectivity index (χ1v) is 7.10. The number of hydrogen-bond acceptors (Lipinski definition) is 2. The van der Waals surface area contributed by atoms with Gasteiger partial charge in [-0.1, -0.05) is 19.1 Å². The topological polar surface area (TPSA) is 62.6 Å². The van der Waals surface area contributed by atoms with Crippen LogP contribution in [0.25, 0.3) is 0 Å². The minimum absolute atomic E-state index is 0.00786. The van der Waals surface area contributed by atoms with E-state index in [0.717, 1.165) is 16.9 Å². The zero-order valence-electron chi connectivity index (χ0n) is 12.5. The van der Waals surface area contributed by atoms with Gasteiger partial charge in [0.1, 0.15) is 12.4 Å². The lowest BCUT2D eigenvalue weighted by Gasteiger charge is -2.14. The number of carbonyl (C=O) groups excluding carboxylic acids is 2. The summed E-state index contributed by atoms with van der Waals surface area (Å²) in [7, 11) is 1.85. The van der Waals surface area contributed by atoms with Crippen molar-refractivity contribution in [1.29, 1.82) is 0 Å². The molecule has 0 aliphatic carbocycles. The average molecular weight is 296 g/mol. The first-order chi connectivity index (χ1) is 10.0. The van der Waals surface area contributed by atoms with Crippen LogP contribution >= 0.6 is 0 Å². The molecule has 0 bridgehead atoms. The predicted octanol–water partition coefficient (Wildman–Crippen LogP) is -0.517. The zero-order chi connectivity index (χ0) is 15.7. The van der Waals surface area contributed by atoms with E-state index in [2.05, 4.69) is 10.6 Å². The van der Waals surface area contributed by atoms with Crippen molar-refractivity contribution in [3.8, 4) is 0 Å². The largest absolute Gasteiger partial charge is 0.355 e. The molecule has 0 aliphatic rings. The van der Waals surface area contributed by atoms with Crippen LogP contribution in [-0.4, -0.2) is 38.5 Å². The van der Waals surface area contributed by atoms with E-state index in [-0.39, 0.29) is 30.7 Å². The second-order valence-electron chi connectivity index (χ2n) is 5.07. The molecule has 0 aliphatic heterocycles. The molecule has 6 heteroatoms. The molecule has 3 N–H and O–H groups in total. The number of hydrogen-bond donors (Lipinski definition) is 3. The maximum Gasteiger partial charge on any atom is 0.275 e. The van der Waals surface area contributed by atoms with Crippen LogP contribution in [0.1, 0.15) is 18.9 Å². The van der Waals surface area contributed by atoms with Gasteiger partial charge < -0.3 is 15.5 Å². The monoisotopic (exact) mass is 296 g/mol. The highest BCUT2D eigenvalue weighted by Crippen LogP contribution is 2.01. The lowest BCUT2D eigenvalue weighted by atomic mass is 10.2. The van der Waals surface area contributed by atoms with Gasteiger partial charge in [-0.05, 0) is 18.6 Å². The molecule has 0 spiro atoms. The summed E-state index contributed by atoms with van der Waals surface area (Å²) in [6.07, 6.45) is 0.861. The molecular weight excluding hydrogens is 273 g/mol. The van der Waals surface area contributed by atoms with E-state index < -0.39 is 0 Å². The molecule has 1 aromatic rings. The lowest BCUT2D eigenvalue weighted by Crippen LogP contribution is -3.08. The first-order valence-electron chi connectivity index (χ1n) is 7.10. The maximum absolute atomic E-state index is 13.1. The Labute approximate surface area is 124 Å². The maximum atomic E-state index is 13.1. The molecule has 0 saturated heterocycles. The molecule has 0 radical (unpaired) electrons. The molecule has 0 fully saturated rings. The van der Waals surface area contributed by atoms with Crippen LogP contribution in [0.15, 0.2) is 24.3 Å². The van der Waals surface area contributed by atoms with E-state index in [1.807, 2.05) is 20.0 Å². The predicted molar refractivity (Wildman–Crippen MR) is 78.2 cm³/mol. The van der Waals surface area contributed by atoms with Crippen LogP contribution < -0.4 is 15.5 Å². The second kappa shape index (κ2) is 9.07. The molecule has 116 valence electrons. The summed E-state index contributed by atoms with van der Waals surface area (Å²) in [5, 5.41) is 5.26. The molecule has 1 atom stereocenters. The number of amides is 2. The number of halogens is 1. The Morgan fingerprint density at radius 1 is 1.24 bits per heavy atom. The van der Waals surface area contributed by atoms with Gasteiger partial charge in [0.15, 0.2) is 6.54 Å². The van der Waals surface area contributed by atoms with Crippen molar-refractivity contribution < 1.29 is 18.9 Å². The van der Waals surface area contributed by atoms with Gasteiger partial charge in [-0.2, -0.15) is 0 Å². The molecule has 0 saturated carbocycles. The Hall–Kier alpha value is -1.95. The number of rotatable bonds is 8. The Bertz CT molecular complexity index is 480. The molecule has 0 aromatic heterocycles. The third-order valence-electron chi connectivity index (χ3n) is 2.88. The minimum Gasteiger partial charge on any atom is -0.355 e. The number of benzene rings is 1. The summed E-state index contributed by atoms with van der Waals surface area (Å²) in [6.45, 7) is 3.35. The normalized spacial score (nSPS) is 11.8. The van der Waals surface area contributed by atoms with E-state index >= 15 is 0 Å². The fourth-order valence-electron chi connectivity index (χ4n) is 1.90. The fraction of sp³-hybridized carbons (Fsp3) is 0.467. The molecule has 1 unspecified atom stereocenters. The smallest absolute Gasteiger partial charge is 0.275 e. The van der Waals surface area contributed by atoms with E-state index in [4.69, 9.17) is 0 Å². The molecular formula is C15H23FN3O2+. The molecule has 1 aromatic carbocycles. The van der Waals surface area contributed by atoms with Crippen molar-refractivity contribution in [3.63, 3.8) is 0 Å². The van der Waals surface area contributed by atoms with Gasteiger partial charge in [0, 0.05) is 12.1 Å². The van der Waals surface area contributed by atoms with Gasteiger partial charge in [0.05, 0.1) is 13.6 Å². The highest BCUT2D eigenvalue weighted by molar-refractivity contribution is 5.84. The van der Waals surface area contributed by atoms with Crippen molar-refractivity contribution in [1.82, 2.24) is 10.6 Å². The summed E-state index contributed by atoms with van der Waals surface area (Å²) in [4.78, 5) is 24.0. The average Bonchev–Trinajstić information content (AvgIpc) is 2.42. The van der Waals surface area contributed by atoms with E-state index in [9.17, 15) is 14.0 Å². The zero-order valence-corrected chi connectivity index (χ0v) is 12.5. The fourth-order valence-corrected chi connectivity index (χ4v) is 1.90. The number of carbonyl (C=O) groups is 2. The molecule has 21 heavy (non-hydrogen) atoms. The van der Waals surface area contributed by atoms with Gasteiger partial charge >= 0.3 is 0 Å². The van der Waals surface area contributed by atoms with E-state index in [1.165, 1.54) is 12.1 Å². The standard InChI is InChI=1S/C15H22FN3O2/c1-3-7-17-14(20)9-18-15(21)11-19(2)10-12-5-4-6-13(16)8-12/h4-6,8H,3,7,9-11H2,1-2H3,(H,17,20)(H,18,21)/p+1. The summed E-state index contributed by atoms with van der Waals surface area (Å²) in [5.41, 5.74) is 0.834. The summed E-state index contributed by atoms with van der Waals surface area (Å²) in [6, 6.07) is 6.32. The highest BCUT2D eigenvalue weighted by Gasteiger charge is 2.11. The quantitative estimate of drug-likeness (QED) is 0.605. The van der Waals surface area contributed by atoms with Crippen molar-refractivity contribution in [3.05, 3.63) is 35.6 Å². The van der Waals surface area contributed by atoms with Gasteiger partial charge in [-0.25, -0.2) is 4.39 Å². The number of nitrogens with one attached hydrogen (secondary N) is 3. The summed E-state index contributed by atoms with van der Waals surface area (Å²) >= 11 is 0. The van der Waals surface area contributed by atoms with Crippen LogP contribution in [0, 0.1) is 5.82 Å². The lowest BCUT2D eigenvalue weighted by molar-refractivity contribution is -0.885. The van der Waals surface area contributed by atoms with Crippen LogP contribution in [0.3, 0.4) is 0 Å².